The zero-order valence-corrected chi connectivity index (χ0v) is 17.0. The van der Waals surface area contributed by atoms with Gasteiger partial charge in [0.05, 0.1) is 6.54 Å². The Balaban J connectivity index is 1.71. The fourth-order valence-corrected chi connectivity index (χ4v) is 3.82. The molecule has 0 spiro atoms. The van der Waals surface area contributed by atoms with E-state index in [1.54, 1.807) is 11.3 Å². The van der Waals surface area contributed by atoms with Crippen molar-refractivity contribution in [3.63, 3.8) is 0 Å². The number of benzene rings is 2. The van der Waals surface area contributed by atoms with Crippen LogP contribution in [0, 0.1) is 6.92 Å². The Bertz CT molecular complexity index is 846. The van der Waals surface area contributed by atoms with E-state index in [1.807, 2.05) is 47.4 Å². The third-order valence-corrected chi connectivity index (χ3v) is 5.73. The van der Waals surface area contributed by atoms with Crippen LogP contribution in [0.4, 0.5) is 10.5 Å². The average Bonchev–Trinajstić information content (AvgIpc) is 3.06. The zero-order valence-electron chi connectivity index (χ0n) is 14.6. The Kier molecular flexibility index (Phi) is 6.47. The largest absolute Gasteiger partial charge is 0.322 e. The van der Waals surface area contributed by atoms with Crippen LogP contribution in [0.5, 0.6) is 0 Å². The van der Waals surface area contributed by atoms with E-state index in [0.717, 1.165) is 16.6 Å². The predicted molar refractivity (Wildman–Crippen MR) is 113 cm³/mol. The number of halogens is 1. The van der Waals surface area contributed by atoms with Gasteiger partial charge in [0.2, 0.25) is 0 Å². The first kappa shape index (κ1) is 18.7. The number of urea groups is 1. The number of aryl methyl sites for hydroxylation is 1. The van der Waals surface area contributed by atoms with Crippen LogP contribution in [0.1, 0.15) is 16.0 Å². The van der Waals surface area contributed by atoms with Gasteiger partial charge in [-0.15, -0.1) is 11.3 Å². The zero-order chi connectivity index (χ0) is 18.4. The topological polar surface area (TPSA) is 32.3 Å². The van der Waals surface area contributed by atoms with Crippen molar-refractivity contribution in [1.82, 2.24) is 4.90 Å². The van der Waals surface area contributed by atoms with Crippen molar-refractivity contribution in [1.29, 1.82) is 0 Å². The standard InChI is InChI=1S/C21H21BrN2OS/c1-16-12-14-26-20(16)15-24(13-11-17-5-3-2-4-6-17)21(25)23-19-9-7-18(22)8-10-19/h2-10,12,14H,11,13,15H2,1H3,(H,23,25). The van der Waals surface area contributed by atoms with E-state index in [4.69, 9.17) is 0 Å². The summed E-state index contributed by atoms with van der Waals surface area (Å²) in [5, 5.41) is 5.08. The molecular weight excluding hydrogens is 408 g/mol. The first-order valence-electron chi connectivity index (χ1n) is 8.50. The van der Waals surface area contributed by atoms with Crippen LogP contribution in [0.2, 0.25) is 0 Å². The highest BCUT2D eigenvalue weighted by Crippen LogP contribution is 2.20. The highest BCUT2D eigenvalue weighted by Gasteiger charge is 2.16. The van der Waals surface area contributed by atoms with Crippen LogP contribution in [0.15, 0.2) is 70.5 Å². The van der Waals surface area contributed by atoms with Gasteiger partial charge in [0.1, 0.15) is 0 Å². The molecule has 0 unspecified atom stereocenters. The van der Waals surface area contributed by atoms with Gasteiger partial charge in [-0.25, -0.2) is 4.79 Å². The van der Waals surface area contributed by atoms with Crippen molar-refractivity contribution in [3.05, 3.63) is 86.5 Å². The average molecular weight is 429 g/mol. The first-order valence-corrected chi connectivity index (χ1v) is 10.2. The number of thiophene rings is 1. The van der Waals surface area contributed by atoms with E-state index in [9.17, 15) is 4.79 Å². The molecular formula is C21H21BrN2OS. The number of nitrogens with one attached hydrogen (secondary N) is 1. The number of hydrogen-bond donors (Lipinski definition) is 1. The van der Waals surface area contributed by atoms with Gasteiger partial charge in [0, 0.05) is 21.6 Å². The van der Waals surface area contributed by atoms with Crippen LogP contribution < -0.4 is 5.32 Å². The van der Waals surface area contributed by atoms with E-state index in [0.29, 0.717) is 13.1 Å². The molecule has 1 aromatic heterocycles. The van der Waals surface area contributed by atoms with Crippen molar-refractivity contribution >= 4 is 39.0 Å². The van der Waals surface area contributed by atoms with Crippen LogP contribution in [0.3, 0.4) is 0 Å². The molecule has 3 aromatic rings. The van der Waals surface area contributed by atoms with E-state index < -0.39 is 0 Å². The molecule has 3 nitrogen and oxygen atoms in total. The molecule has 134 valence electrons. The Morgan fingerprint density at radius 2 is 1.81 bits per heavy atom. The van der Waals surface area contributed by atoms with E-state index in [-0.39, 0.29) is 6.03 Å². The number of carbonyl (C=O) groups excluding carboxylic acids is 1. The van der Waals surface area contributed by atoms with Crippen LogP contribution in [-0.4, -0.2) is 17.5 Å². The minimum atomic E-state index is -0.0731. The molecule has 0 bridgehead atoms. The highest BCUT2D eigenvalue weighted by atomic mass is 79.9. The van der Waals surface area contributed by atoms with Gasteiger partial charge in [-0.1, -0.05) is 46.3 Å². The van der Waals surface area contributed by atoms with Crippen molar-refractivity contribution in [2.45, 2.75) is 19.9 Å². The normalized spacial score (nSPS) is 10.5. The maximum atomic E-state index is 12.9. The van der Waals surface area contributed by atoms with Gasteiger partial charge in [-0.05, 0) is 60.2 Å². The summed E-state index contributed by atoms with van der Waals surface area (Å²) in [6.45, 7) is 3.39. The van der Waals surface area contributed by atoms with E-state index >= 15 is 0 Å². The molecule has 1 N–H and O–H groups in total. The molecule has 1 heterocycles. The molecule has 26 heavy (non-hydrogen) atoms. The van der Waals surface area contributed by atoms with Crippen LogP contribution in [0.25, 0.3) is 0 Å². The van der Waals surface area contributed by atoms with Gasteiger partial charge >= 0.3 is 6.03 Å². The van der Waals surface area contributed by atoms with Gasteiger partial charge < -0.3 is 10.2 Å². The molecule has 0 fully saturated rings. The Labute approximate surface area is 166 Å². The number of rotatable bonds is 6. The SMILES string of the molecule is Cc1ccsc1CN(CCc1ccccc1)C(=O)Nc1ccc(Br)cc1. The second kappa shape index (κ2) is 9.01. The summed E-state index contributed by atoms with van der Waals surface area (Å²) < 4.78 is 0.991. The molecule has 0 aliphatic carbocycles. The van der Waals surface area contributed by atoms with Crippen molar-refractivity contribution in [2.24, 2.45) is 0 Å². The lowest BCUT2D eigenvalue weighted by Gasteiger charge is -2.23. The summed E-state index contributed by atoms with van der Waals surface area (Å²) in [7, 11) is 0. The van der Waals surface area contributed by atoms with Gasteiger partial charge in [-0.3, -0.25) is 0 Å². The molecule has 0 saturated heterocycles. The summed E-state index contributed by atoms with van der Waals surface area (Å²) in [5.74, 6) is 0. The van der Waals surface area contributed by atoms with Crippen molar-refractivity contribution in [2.75, 3.05) is 11.9 Å². The molecule has 5 heteroatoms. The second-order valence-corrected chi connectivity index (χ2v) is 8.04. The Morgan fingerprint density at radius 3 is 2.46 bits per heavy atom. The Morgan fingerprint density at radius 1 is 1.08 bits per heavy atom. The smallest absolute Gasteiger partial charge is 0.319 e. The maximum Gasteiger partial charge on any atom is 0.322 e. The third kappa shape index (κ3) is 5.19. The number of amides is 2. The first-order chi connectivity index (χ1) is 12.6. The molecule has 0 atom stereocenters. The Hall–Kier alpha value is -2.11. The quantitative estimate of drug-likeness (QED) is 0.505. The van der Waals surface area contributed by atoms with Gasteiger partial charge in [-0.2, -0.15) is 0 Å². The second-order valence-electron chi connectivity index (χ2n) is 6.12. The molecule has 0 saturated carbocycles. The number of carbonyl (C=O) groups is 1. The van der Waals surface area contributed by atoms with Crippen LogP contribution >= 0.6 is 27.3 Å². The number of nitrogens with zero attached hydrogens (tertiary/aromatic N) is 1. The van der Waals surface area contributed by atoms with E-state index in [2.05, 4.69) is 51.7 Å². The predicted octanol–water partition coefficient (Wildman–Crippen LogP) is 6.10. The van der Waals surface area contributed by atoms with Crippen molar-refractivity contribution in [3.8, 4) is 0 Å². The molecule has 0 aliphatic rings. The summed E-state index contributed by atoms with van der Waals surface area (Å²) >= 11 is 5.11. The summed E-state index contributed by atoms with van der Waals surface area (Å²) in [5.41, 5.74) is 3.26. The molecule has 2 aromatic carbocycles. The summed E-state index contributed by atoms with van der Waals surface area (Å²) in [4.78, 5) is 16.0. The number of hydrogen-bond acceptors (Lipinski definition) is 2. The fourth-order valence-electron chi connectivity index (χ4n) is 2.64. The molecule has 2 amide bonds. The maximum absolute atomic E-state index is 12.9. The minimum absolute atomic E-state index is 0.0731. The number of anilines is 1. The lowest BCUT2D eigenvalue weighted by molar-refractivity contribution is 0.210. The van der Waals surface area contributed by atoms with Gasteiger partial charge in [0.25, 0.3) is 0 Å². The molecule has 0 radical (unpaired) electrons. The summed E-state index contributed by atoms with van der Waals surface area (Å²) in [6.07, 6.45) is 0.832. The van der Waals surface area contributed by atoms with Crippen LogP contribution in [-0.2, 0) is 13.0 Å². The summed E-state index contributed by atoms with van der Waals surface area (Å²) in [6, 6.07) is 19.9. The minimum Gasteiger partial charge on any atom is -0.319 e. The van der Waals surface area contributed by atoms with Gasteiger partial charge in [0.15, 0.2) is 0 Å². The van der Waals surface area contributed by atoms with Crippen molar-refractivity contribution < 1.29 is 4.79 Å². The van der Waals surface area contributed by atoms with E-state index in [1.165, 1.54) is 16.0 Å². The lowest BCUT2D eigenvalue weighted by Crippen LogP contribution is -2.36. The lowest BCUT2D eigenvalue weighted by atomic mass is 10.1. The third-order valence-electron chi connectivity index (χ3n) is 4.20. The molecule has 0 aliphatic heterocycles. The fraction of sp³-hybridized carbons (Fsp3) is 0.190. The highest BCUT2D eigenvalue weighted by molar-refractivity contribution is 9.10. The monoisotopic (exact) mass is 428 g/mol. The molecule has 3 rings (SSSR count).